The molecule has 0 saturated heterocycles. The van der Waals surface area contributed by atoms with Gasteiger partial charge in [-0.1, -0.05) is 72.8 Å². The summed E-state index contributed by atoms with van der Waals surface area (Å²) in [6, 6.07) is 32.8. The molecule has 0 bridgehead atoms. The van der Waals surface area contributed by atoms with Crippen LogP contribution in [0.4, 0.5) is 0 Å². The van der Waals surface area contributed by atoms with E-state index in [1.807, 2.05) is 17.5 Å². The van der Waals surface area contributed by atoms with Gasteiger partial charge in [0, 0.05) is 59.0 Å². The lowest BCUT2D eigenvalue weighted by Gasteiger charge is -2.10. The molecular weight excluding hydrogens is 464 g/mol. The minimum absolute atomic E-state index is 1.01. The van der Waals surface area contributed by atoms with Crippen LogP contribution in [0, 0.1) is 0 Å². The third kappa shape index (κ3) is 2.72. The van der Waals surface area contributed by atoms with Crippen LogP contribution in [0.25, 0.3) is 69.7 Å². The van der Waals surface area contributed by atoms with E-state index in [9.17, 15) is 0 Å². The van der Waals surface area contributed by atoms with Crippen molar-refractivity contribution in [3.8, 4) is 16.8 Å². The highest BCUT2D eigenvalue weighted by molar-refractivity contribution is 7.26. The number of pyridine rings is 1. The molecule has 2 nitrogen and oxygen atoms in total. The summed E-state index contributed by atoms with van der Waals surface area (Å²) in [6.45, 7) is 0. The quantitative estimate of drug-likeness (QED) is 0.240. The SMILES string of the molecule is c1cc(-c2cccc3c2sc2ccccc23)cc(-n2c3cscc3c3c4ccccc4cnc32)c1. The first-order valence-electron chi connectivity index (χ1n) is 11.6. The zero-order valence-corrected chi connectivity index (χ0v) is 20.2. The van der Waals surface area contributed by atoms with E-state index in [-0.39, 0.29) is 0 Å². The molecule has 8 rings (SSSR count). The molecule has 0 radical (unpaired) electrons. The van der Waals surface area contributed by atoms with Crippen LogP contribution < -0.4 is 0 Å². The standard InChI is InChI=1S/C31H18N2S2/c1-2-10-22-20(7-1)16-32-31-29(22)26-17-34-18-27(26)33(31)21-9-5-8-19(15-21)23-12-6-13-25-24-11-3-4-14-28(24)35-30(23)25/h1-18H. The van der Waals surface area contributed by atoms with Crippen molar-refractivity contribution in [1.29, 1.82) is 0 Å². The van der Waals surface area contributed by atoms with E-state index in [2.05, 4.69) is 106 Å². The number of fused-ring (bicyclic) bond motifs is 8. The maximum atomic E-state index is 4.95. The Hall–Kier alpha value is -3.99. The van der Waals surface area contributed by atoms with Crippen LogP contribution in [0.2, 0.25) is 0 Å². The summed E-state index contributed by atoms with van der Waals surface area (Å²) in [4.78, 5) is 4.95. The lowest BCUT2D eigenvalue weighted by atomic mass is 10.0. The number of hydrogen-bond donors (Lipinski definition) is 0. The molecule has 4 aromatic carbocycles. The Morgan fingerprint density at radius 2 is 1.51 bits per heavy atom. The topological polar surface area (TPSA) is 17.8 Å². The molecule has 0 aliphatic carbocycles. The average molecular weight is 483 g/mol. The van der Waals surface area contributed by atoms with Crippen LogP contribution in [-0.2, 0) is 0 Å². The molecule has 0 saturated carbocycles. The number of benzene rings is 4. The van der Waals surface area contributed by atoms with Gasteiger partial charge in [0.05, 0.1) is 5.52 Å². The molecule has 0 aliphatic heterocycles. The summed E-state index contributed by atoms with van der Waals surface area (Å²) in [5.74, 6) is 0. The van der Waals surface area contributed by atoms with Crippen molar-refractivity contribution in [3.05, 3.63) is 108 Å². The Morgan fingerprint density at radius 3 is 2.49 bits per heavy atom. The molecule has 0 unspecified atom stereocenters. The van der Waals surface area contributed by atoms with Crippen molar-refractivity contribution >= 4 is 75.6 Å². The Balaban J connectivity index is 1.41. The van der Waals surface area contributed by atoms with Crippen LogP contribution >= 0.6 is 22.7 Å². The molecule has 164 valence electrons. The van der Waals surface area contributed by atoms with Crippen molar-refractivity contribution in [2.45, 2.75) is 0 Å². The van der Waals surface area contributed by atoms with Crippen molar-refractivity contribution < 1.29 is 0 Å². The number of aromatic nitrogens is 2. The van der Waals surface area contributed by atoms with E-state index in [0.29, 0.717) is 0 Å². The highest BCUT2D eigenvalue weighted by Gasteiger charge is 2.17. The van der Waals surface area contributed by atoms with Gasteiger partial charge in [-0.3, -0.25) is 4.57 Å². The van der Waals surface area contributed by atoms with Gasteiger partial charge >= 0.3 is 0 Å². The monoisotopic (exact) mass is 482 g/mol. The van der Waals surface area contributed by atoms with Crippen molar-refractivity contribution in [3.63, 3.8) is 0 Å². The number of thiophene rings is 2. The van der Waals surface area contributed by atoms with Crippen LogP contribution in [0.1, 0.15) is 0 Å². The first kappa shape index (κ1) is 19.3. The van der Waals surface area contributed by atoms with Gasteiger partial charge in [-0.15, -0.1) is 22.7 Å². The summed E-state index contributed by atoms with van der Waals surface area (Å²) in [6.07, 6.45) is 2.00. The predicted octanol–water partition coefficient (Wildman–Crippen LogP) is 9.43. The van der Waals surface area contributed by atoms with Crippen molar-refractivity contribution in [2.75, 3.05) is 0 Å². The fraction of sp³-hybridized carbons (Fsp3) is 0. The summed E-state index contributed by atoms with van der Waals surface area (Å²) >= 11 is 3.63. The Labute approximate surface area is 209 Å². The second-order valence-electron chi connectivity index (χ2n) is 8.88. The summed E-state index contributed by atoms with van der Waals surface area (Å²) in [5, 5.41) is 12.1. The lowest BCUT2D eigenvalue weighted by Crippen LogP contribution is -1.95. The molecule has 8 aromatic rings. The molecule has 0 spiro atoms. The number of rotatable bonds is 2. The van der Waals surface area contributed by atoms with Gasteiger partial charge in [-0.05, 0) is 34.7 Å². The Bertz CT molecular complexity index is 2070. The molecule has 4 aromatic heterocycles. The van der Waals surface area contributed by atoms with Crippen molar-refractivity contribution in [2.24, 2.45) is 0 Å². The van der Waals surface area contributed by atoms with E-state index in [4.69, 9.17) is 4.98 Å². The van der Waals surface area contributed by atoms with Crippen LogP contribution in [0.15, 0.2) is 108 Å². The molecule has 4 heteroatoms. The predicted molar refractivity (Wildman–Crippen MR) is 152 cm³/mol. The van der Waals surface area contributed by atoms with Gasteiger partial charge in [0.15, 0.2) is 0 Å². The highest BCUT2D eigenvalue weighted by Crippen LogP contribution is 2.41. The third-order valence-electron chi connectivity index (χ3n) is 6.96. The average Bonchev–Trinajstić information content (AvgIpc) is 3.61. The summed E-state index contributed by atoms with van der Waals surface area (Å²) < 4.78 is 4.99. The second-order valence-corrected chi connectivity index (χ2v) is 10.7. The molecule has 0 amide bonds. The normalized spacial score (nSPS) is 12.0. The molecule has 0 N–H and O–H groups in total. The van der Waals surface area contributed by atoms with E-state index in [1.54, 1.807) is 11.3 Å². The molecule has 0 fully saturated rings. The summed E-state index contributed by atoms with van der Waals surface area (Å²) in [5.41, 5.74) is 5.87. The third-order valence-corrected chi connectivity index (χ3v) is 8.91. The zero-order valence-electron chi connectivity index (χ0n) is 18.6. The van der Waals surface area contributed by atoms with Crippen LogP contribution in [0.5, 0.6) is 0 Å². The lowest BCUT2D eigenvalue weighted by molar-refractivity contribution is 1.14. The van der Waals surface area contributed by atoms with Gasteiger partial charge in [0.1, 0.15) is 5.65 Å². The van der Waals surface area contributed by atoms with E-state index >= 15 is 0 Å². The minimum atomic E-state index is 1.01. The second kappa shape index (κ2) is 7.25. The van der Waals surface area contributed by atoms with Gasteiger partial charge in [0.2, 0.25) is 0 Å². The zero-order chi connectivity index (χ0) is 22.9. The molecule has 35 heavy (non-hydrogen) atoms. The first-order valence-corrected chi connectivity index (χ1v) is 13.4. The number of nitrogens with zero attached hydrogens (tertiary/aromatic N) is 2. The van der Waals surface area contributed by atoms with Gasteiger partial charge in [-0.2, -0.15) is 0 Å². The van der Waals surface area contributed by atoms with Gasteiger partial charge in [-0.25, -0.2) is 4.98 Å². The molecule has 4 heterocycles. The maximum Gasteiger partial charge on any atom is 0.146 e. The Kier molecular flexibility index (Phi) is 4.01. The fourth-order valence-electron chi connectivity index (χ4n) is 5.40. The Morgan fingerprint density at radius 1 is 0.686 bits per heavy atom. The van der Waals surface area contributed by atoms with E-state index < -0.39 is 0 Å². The smallest absolute Gasteiger partial charge is 0.146 e. The molecular formula is C31H18N2S2. The van der Waals surface area contributed by atoms with E-state index in [1.165, 1.54) is 58.4 Å². The fourth-order valence-corrected chi connectivity index (χ4v) is 7.44. The maximum absolute atomic E-state index is 4.95. The minimum Gasteiger partial charge on any atom is -0.293 e. The highest BCUT2D eigenvalue weighted by atomic mass is 32.1. The molecule has 0 atom stereocenters. The largest absolute Gasteiger partial charge is 0.293 e. The van der Waals surface area contributed by atoms with Crippen LogP contribution in [0.3, 0.4) is 0 Å². The van der Waals surface area contributed by atoms with Gasteiger partial charge in [0.25, 0.3) is 0 Å². The number of hydrogen-bond acceptors (Lipinski definition) is 3. The van der Waals surface area contributed by atoms with Crippen LogP contribution in [-0.4, -0.2) is 9.55 Å². The first-order chi connectivity index (χ1) is 17.4. The van der Waals surface area contributed by atoms with Crippen molar-refractivity contribution in [1.82, 2.24) is 9.55 Å². The van der Waals surface area contributed by atoms with E-state index in [0.717, 1.165) is 11.3 Å². The van der Waals surface area contributed by atoms with Gasteiger partial charge < -0.3 is 0 Å². The summed E-state index contributed by atoms with van der Waals surface area (Å²) in [7, 11) is 0. The molecule has 0 aliphatic rings.